The van der Waals surface area contributed by atoms with Crippen molar-refractivity contribution in [2.45, 2.75) is 31.2 Å². The van der Waals surface area contributed by atoms with E-state index in [1.165, 1.54) is 13.0 Å². The molecule has 1 heterocycles. The van der Waals surface area contributed by atoms with E-state index in [1.54, 1.807) is 24.3 Å². The lowest BCUT2D eigenvalue weighted by Crippen LogP contribution is -2.44. The maximum Gasteiger partial charge on any atom is 0.435 e. The molecule has 0 aromatic heterocycles. The Morgan fingerprint density at radius 1 is 1.17 bits per heavy atom. The molecular weight excluding hydrogens is 452 g/mol. The van der Waals surface area contributed by atoms with Crippen molar-refractivity contribution in [2.75, 3.05) is 0 Å². The van der Waals surface area contributed by atoms with E-state index < -0.39 is 30.1 Å². The lowest BCUT2D eigenvalue weighted by molar-refractivity contribution is -0.275. The topological polar surface area (TPSA) is 50.7 Å². The average Bonchev–Trinajstić information content (AvgIpc) is 3.06. The summed E-state index contributed by atoms with van der Waals surface area (Å²) in [5.74, 6) is -0.465. The van der Waals surface area contributed by atoms with Crippen molar-refractivity contribution in [3.05, 3.63) is 68.7 Å². The maximum absolute atomic E-state index is 14.1. The zero-order valence-electron chi connectivity index (χ0n) is 14.9. The number of amides is 1. The van der Waals surface area contributed by atoms with Crippen molar-refractivity contribution in [2.24, 2.45) is 5.16 Å². The van der Waals surface area contributed by atoms with E-state index in [2.05, 4.69) is 10.5 Å². The average molecular weight is 466 g/mol. The number of carbonyl (C=O) groups excluding carboxylic acids is 1. The van der Waals surface area contributed by atoms with Gasteiger partial charge in [-0.25, -0.2) is 0 Å². The summed E-state index contributed by atoms with van der Waals surface area (Å²) >= 11 is 18.0. The lowest BCUT2D eigenvalue weighted by atomic mass is 9.85. The first-order chi connectivity index (χ1) is 13.5. The largest absolute Gasteiger partial charge is 0.435 e. The highest BCUT2D eigenvalue weighted by Crippen LogP contribution is 2.50. The van der Waals surface area contributed by atoms with Gasteiger partial charge in [-0.15, -0.1) is 0 Å². The van der Waals surface area contributed by atoms with E-state index in [0.717, 1.165) is 12.1 Å². The highest BCUT2D eigenvalue weighted by atomic mass is 35.5. The minimum absolute atomic E-state index is 0.0256. The minimum Gasteiger partial charge on any atom is -0.374 e. The van der Waals surface area contributed by atoms with Crippen LogP contribution in [0.3, 0.4) is 0 Å². The standard InChI is InChI=1S/C19H14Cl3F3N2O2/c1-10(28)26-17(14-4-2-3-5-15(14)22)16-9-18(29-27-16,19(23,24)25)11-6-12(20)8-13(21)7-11/h2-8,17H,9H2,1H3,(H,26,28). The van der Waals surface area contributed by atoms with Gasteiger partial charge in [0.25, 0.3) is 5.60 Å². The van der Waals surface area contributed by atoms with E-state index in [1.807, 2.05) is 0 Å². The van der Waals surface area contributed by atoms with Crippen LogP contribution in [0.1, 0.15) is 30.5 Å². The number of hydrogen-bond acceptors (Lipinski definition) is 3. The predicted octanol–water partition coefficient (Wildman–Crippen LogP) is 6.06. The molecule has 1 aliphatic rings. The Bertz CT molecular complexity index is 961. The second-order valence-corrected chi connectivity index (χ2v) is 7.77. The summed E-state index contributed by atoms with van der Waals surface area (Å²) in [4.78, 5) is 16.7. The number of oxime groups is 1. The molecule has 2 unspecified atom stereocenters. The molecule has 3 rings (SSSR count). The van der Waals surface area contributed by atoms with Gasteiger partial charge in [0.1, 0.15) is 0 Å². The quantitative estimate of drug-likeness (QED) is 0.597. The van der Waals surface area contributed by atoms with E-state index in [9.17, 15) is 18.0 Å². The van der Waals surface area contributed by atoms with E-state index in [0.29, 0.717) is 5.56 Å². The summed E-state index contributed by atoms with van der Waals surface area (Å²) in [6, 6.07) is 9.05. The van der Waals surface area contributed by atoms with Gasteiger partial charge >= 0.3 is 6.18 Å². The third-order valence-corrected chi connectivity index (χ3v) is 5.21. The maximum atomic E-state index is 14.1. The summed E-state index contributed by atoms with van der Waals surface area (Å²) in [6.45, 7) is 1.24. The van der Waals surface area contributed by atoms with Crippen LogP contribution >= 0.6 is 34.8 Å². The number of hydrogen-bond donors (Lipinski definition) is 1. The molecule has 29 heavy (non-hydrogen) atoms. The van der Waals surface area contributed by atoms with Crippen LogP contribution in [0.15, 0.2) is 47.6 Å². The monoisotopic (exact) mass is 464 g/mol. The van der Waals surface area contributed by atoms with Gasteiger partial charge in [0, 0.05) is 34.0 Å². The Labute approximate surface area is 179 Å². The van der Waals surface area contributed by atoms with Crippen LogP contribution in [0.25, 0.3) is 0 Å². The second-order valence-electron chi connectivity index (χ2n) is 6.49. The van der Waals surface area contributed by atoms with Crippen LogP contribution < -0.4 is 5.32 Å². The van der Waals surface area contributed by atoms with Gasteiger partial charge in [0.15, 0.2) is 0 Å². The van der Waals surface area contributed by atoms with E-state index in [4.69, 9.17) is 39.6 Å². The molecule has 1 N–H and O–H groups in total. The smallest absolute Gasteiger partial charge is 0.374 e. The Morgan fingerprint density at radius 3 is 2.34 bits per heavy atom. The second kappa shape index (κ2) is 8.05. The highest BCUT2D eigenvalue weighted by molar-refractivity contribution is 6.34. The van der Waals surface area contributed by atoms with Crippen molar-refractivity contribution in [3.63, 3.8) is 0 Å². The Hall–Kier alpha value is -1.96. The molecule has 0 aliphatic carbocycles. The lowest BCUT2D eigenvalue weighted by Gasteiger charge is -2.30. The summed E-state index contributed by atoms with van der Waals surface area (Å²) in [7, 11) is 0. The zero-order chi connectivity index (χ0) is 21.4. The van der Waals surface area contributed by atoms with Crippen LogP contribution in [0.5, 0.6) is 0 Å². The summed E-state index contributed by atoms with van der Waals surface area (Å²) in [5, 5.41) is 6.61. The molecule has 2 atom stereocenters. The summed E-state index contributed by atoms with van der Waals surface area (Å²) in [6.07, 6.45) is -5.52. The first kappa shape index (κ1) is 21.7. The molecule has 2 aromatic carbocycles. The molecule has 154 valence electrons. The molecular formula is C19H14Cl3F3N2O2. The Morgan fingerprint density at radius 2 is 1.79 bits per heavy atom. The molecule has 0 spiro atoms. The number of rotatable bonds is 4. The van der Waals surface area contributed by atoms with Gasteiger partial charge in [-0.1, -0.05) is 58.2 Å². The van der Waals surface area contributed by atoms with Gasteiger partial charge < -0.3 is 10.2 Å². The number of alkyl halides is 3. The minimum atomic E-state index is -4.84. The summed E-state index contributed by atoms with van der Waals surface area (Å²) < 4.78 is 42.4. The van der Waals surface area contributed by atoms with Crippen molar-refractivity contribution < 1.29 is 22.8 Å². The zero-order valence-corrected chi connectivity index (χ0v) is 17.1. The fraction of sp³-hybridized carbons (Fsp3) is 0.263. The number of halogens is 6. The predicted molar refractivity (Wildman–Crippen MR) is 105 cm³/mol. The molecule has 0 radical (unpaired) electrons. The molecule has 2 aromatic rings. The van der Waals surface area contributed by atoms with E-state index in [-0.39, 0.29) is 26.3 Å². The van der Waals surface area contributed by atoms with Crippen LogP contribution in [0.2, 0.25) is 15.1 Å². The normalized spacial score (nSPS) is 20.0. The molecule has 1 amide bonds. The number of nitrogens with one attached hydrogen (secondary N) is 1. The van der Waals surface area contributed by atoms with Crippen LogP contribution in [-0.4, -0.2) is 17.8 Å². The van der Waals surface area contributed by atoms with Crippen LogP contribution in [-0.2, 0) is 15.2 Å². The first-order valence-electron chi connectivity index (χ1n) is 8.33. The third kappa shape index (κ3) is 4.32. The highest BCUT2D eigenvalue weighted by Gasteiger charge is 2.63. The van der Waals surface area contributed by atoms with Crippen LogP contribution in [0.4, 0.5) is 13.2 Å². The van der Waals surface area contributed by atoms with Gasteiger partial charge in [-0.2, -0.15) is 13.2 Å². The number of nitrogens with zero attached hydrogens (tertiary/aromatic N) is 1. The van der Waals surface area contributed by atoms with Crippen molar-refractivity contribution >= 4 is 46.4 Å². The van der Waals surface area contributed by atoms with Crippen molar-refractivity contribution in [1.82, 2.24) is 5.32 Å². The van der Waals surface area contributed by atoms with Crippen molar-refractivity contribution in [1.29, 1.82) is 0 Å². The summed E-state index contributed by atoms with van der Waals surface area (Å²) in [5.41, 5.74) is -2.73. The number of benzene rings is 2. The fourth-order valence-electron chi connectivity index (χ4n) is 3.12. The first-order valence-corrected chi connectivity index (χ1v) is 9.46. The van der Waals surface area contributed by atoms with E-state index >= 15 is 0 Å². The number of carbonyl (C=O) groups is 1. The van der Waals surface area contributed by atoms with Gasteiger partial charge in [0.05, 0.1) is 11.8 Å². The molecule has 10 heteroatoms. The molecule has 0 fully saturated rings. The molecule has 0 saturated carbocycles. The van der Waals surface area contributed by atoms with Gasteiger partial charge in [0.2, 0.25) is 5.91 Å². The third-order valence-electron chi connectivity index (χ3n) is 4.43. The van der Waals surface area contributed by atoms with Gasteiger partial charge in [-0.05, 0) is 29.8 Å². The molecule has 4 nitrogen and oxygen atoms in total. The molecule has 0 saturated heterocycles. The molecule has 1 aliphatic heterocycles. The Kier molecular flexibility index (Phi) is 6.03. The SMILES string of the molecule is CC(=O)NC(C1=NOC(c2cc(Cl)cc(Cl)c2)(C(F)(F)F)C1)c1ccccc1Cl. The van der Waals surface area contributed by atoms with Gasteiger partial charge in [-0.3, -0.25) is 4.79 Å². The molecule has 0 bridgehead atoms. The van der Waals surface area contributed by atoms with Crippen LogP contribution in [0, 0.1) is 0 Å². The Balaban J connectivity index is 2.06. The fourth-order valence-corrected chi connectivity index (χ4v) is 3.89. The van der Waals surface area contributed by atoms with Crippen molar-refractivity contribution in [3.8, 4) is 0 Å².